The maximum atomic E-state index is 6.02. The lowest BCUT2D eigenvalue weighted by molar-refractivity contribution is 0.415. The second-order valence-electron chi connectivity index (χ2n) is 4.36. The molecule has 0 saturated heterocycles. The van der Waals surface area contributed by atoms with Crippen LogP contribution in [0.5, 0.6) is 5.75 Å². The lowest BCUT2D eigenvalue weighted by atomic mass is 10.1. The number of aryl methyl sites for hydroxylation is 1. The van der Waals surface area contributed by atoms with E-state index in [2.05, 4.69) is 22.4 Å². The summed E-state index contributed by atoms with van der Waals surface area (Å²) in [6.45, 7) is 2.95. The van der Waals surface area contributed by atoms with Crippen LogP contribution in [0, 0.1) is 0 Å². The molecule has 0 amide bonds. The van der Waals surface area contributed by atoms with Crippen molar-refractivity contribution < 1.29 is 4.74 Å². The third kappa shape index (κ3) is 2.83. The Morgan fingerprint density at radius 1 is 1.32 bits per heavy atom. The molecule has 1 aromatic heterocycles. The largest absolute Gasteiger partial charge is 0.496 e. The number of aromatic nitrogens is 4. The first-order chi connectivity index (χ1) is 9.27. The molecule has 0 aliphatic heterocycles. The zero-order valence-electron chi connectivity index (χ0n) is 11.3. The van der Waals surface area contributed by atoms with E-state index in [0.717, 1.165) is 31.4 Å². The number of anilines is 1. The molecule has 0 aliphatic carbocycles. The van der Waals surface area contributed by atoms with Crippen molar-refractivity contribution in [1.29, 1.82) is 0 Å². The highest BCUT2D eigenvalue weighted by Gasteiger charge is 2.16. The average molecular weight is 261 g/mol. The summed E-state index contributed by atoms with van der Waals surface area (Å²) in [6.07, 6.45) is 3.36. The highest BCUT2D eigenvalue weighted by Crippen LogP contribution is 2.33. The molecule has 0 atom stereocenters. The van der Waals surface area contributed by atoms with Gasteiger partial charge in [0.15, 0.2) is 5.82 Å². The zero-order chi connectivity index (χ0) is 13.7. The number of ether oxygens (including phenoxy) is 1. The molecule has 6 heteroatoms. The first-order valence-electron chi connectivity index (χ1n) is 6.47. The van der Waals surface area contributed by atoms with Gasteiger partial charge in [0.25, 0.3) is 0 Å². The molecule has 2 N–H and O–H groups in total. The van der Waals surface area contributed by atoms with E-state index >= 15 is 0 Å². The van der Waals surface area contributed by atoms with Crippen LogP contribution in [0.4, 0.5) is 5.69 Å². The van der Waals surface area contributed by atoms with E-state index in [1.54, 1.807) is 11.8 Å². The Balaban J connectivity index is 2.34. The zero-order valence-corrected chi connectivity index (χ0v) is 11.3. The van der Waals surface area contributed by atoms with Gasteiger partial charge in [0.1, 0.15) is 5.75 Å². The number of methoxy groups -OCH3 is 1. The molecule has 0 bridgehead atoms. The molecule has 1 heterocycles. The molecular formula is C13H19N5O. The van der Waals surface area contributed by atoms with Crippen molar-refractivity contribution in [2.75, 3.05) is 12.8 Å². The van der Waals surface area contributed by atoms with Crippen LogP contribution in [-0.2, 0) is 6.54 Å². The maximum absolute atomic E-state index is 6.02. The molecule has 6 nitrogen and oxygen atoms in total. The third-order valence-corrected chi connectivity index (χ3v) is 3.01. The number of nitrogens with two attached hydrogens (primary N) is 1. The van der Waals surface area contributed by atoms with E-state index in [0.29, 0.717) is 17.3 Å². The van der Waals surface area contributed by atoms with Crippen molar-refractivity contribution in [2.24, 2.45) is 0 Å². The van der Waals surface area contributed by atoms with E-state index in [1.807, 2.05) is 18.2 Å². The minimum Gasteiger partial charge on any atom is -0.496 e. The minimum atomic E-state index is 0.617. The summed E-state index contributed by atoms with van der Waals surface area (Å²) >= 11 is 0. The van der Waals surface area contributed by atoms with Crippen molar-refractivity contribution in [3.05, 3.63) is 18.2 Å². The molecule has 0 radical (unpaired) electrons. The summed E-state index contributed by atoms with van der Waals surface area (Å²) in [4.78, 5) is 0. The Labute approximate surface area is 112 Å². The van der Waals surface area contributed by atoms with Crippen LogP contribution in [0.15, 0.2) is 18.2 Å². The van der Waals surface area contributed by atoms with Crippen molar-refractivity contribution in [3.63, 3.8) is 0 Å². The Hall–Kier alpha value is -2.11. The topological polar surface area (TPSA) is 78.9 Å². The van der Waals surface area contributed by atoms with Gasteiger partial charge in [0.2, 0.25) is 0 Å². The van der Waals surface area contributed by atoms with E-state index < -0.39 is 0 Å². The minimum absolute atomic E-state index is 0.617. The van der Waals surface area contributed by atoms with Crippen LogP contribution in [0.2, 0.25) is 0 Å². The first kappa shape index (κ1) is 13.3. The van der Waals surface area contributed by atoms with Gasteiger partial charge in [-0.3, -0.25) is 0 Å². The van der Waals surface area contributed by atoms with Gasteiger partial charge in [-0.1, -0.05) is 25.8 Å². The second kappa shape index (κ2) is 6.17. The third-order valence-electron chi connectivity index (χ3n) is 3.01. The second-order valence-corrected chi connectivity index (χ2v) is 4.36. The van der Waals surface area contributed by atoms with Crippen LogP contribution >= 0.6 is 0 Å². The Bertz CT molecular complexity index is 538. The quantitative estimate of drug-likeness (QED) is 0.636. The van der Waals surface area contributed by atoms with Crippen LogP contribution in [0.3, 0.4) is 0 Å². The van der Waals surface area contributed by atoms with E-state index in [4.69, 9.17) is 10.5 Å². The monoisotopic (exact) mass is 261 g/mol. The van der Waals surface area contributed by atoms with Crippen molar-refractivity contribution in [1.82, 2.24) is 20.2 Å². The van der Waals surface area contributed by atoms with Crippen molar-refractivity contribution in [2.45, 2.75) is 32.7 Å². The molecular weight excluding hydrogens is 242 g/mol. The molecule has 102 valence electrons. The summed E-state index contributed by atoms with van der Waals surface area (Å²) in [5, 5.41) is 11.8. The van der Waals surface area contributed by atoms with E-state index in [-0.39, 0.29) is 0 Å². The standard InChI is InChI=1S/C13H19N5O/c1-3-4-5-9-18-13(15-16-17-18)12-10(14)7-6-8-11(12)19-2/h6-8H,3-5,9,14H2,1-2H3. The number of nitrogens with zero attached hydrogens (tertiary/aromatic N) is 4. The fourth-order valence-electron chi connectivity index (χ4n) is 2.00. The van der Waals surface area contributed by atoms with Gasteiger partial charge in [-0.05, 0) is 29.0 Å². The van der Waals surface area contributed by atoms with Gasteiger partial charge in [-0.2, -0.15) is 0 Å². The van der Waals surface area contributed by atoms with Crippen LogP contribution in [0.1, 0.15) is 26.2 Å². The first-order valence-corrected chi connectivity index (χ1v) is 6.47. The van der Waals surface area contributed by atoms with Crippen molar-refractivity contribution >= 4 is 5.69 Å². The molecule has 2 rings (SSSR count). The number of benzene rings is 1. The summed E-state index contributed by atoms with van der Waals surface area (Å²) in [5.74, 6) is 1.34. The molecule has 0 saturated carbocycles. The van der Waals surface area contributed by atoms with E-state index in [1.165, 1.54) is 0 Å². The summed E-state index contributed by atoms with van der Waals surface area (Å²) < 4.78 is 7.12. The number of unbranched alkanes of at least 4 members (excludes halogenated alkanes) is 2. The molecule has 19 heavy (non-hydrogen) atoms. The Morgan fingerprint density at radius 3 is 2.89 bits per heavy atom. The molecule has 2 aromatic rings. The molecule has 0 spiro atoms. The highest BCUT2D eigenvalue weighted by atomic mass is 16.5. The van der Waals surface area contributed by atoms with Crippen LogP contribution < -0.4 is 10.5 Å². The van der Waals surface area contributed by atoms with Gasteiger partial charge in [-0.25, -0.2) is 4.68 Å². The number of hydrogen-bond donors (Lipinski definition) is 1. The lowest BCUT2D eigenvalue weighted by Crippen LogP contribution is -2.05. The molecule has 0 unspecified atom stereocenters. The van der Waals surface area contributed by atoms with Crippen LogP contribution in [0.25, 0.3) is 11.4 Å². The Kier molecular flexibility index (Phi) is 4.33. The Morgan fingerprint density at radius 2 is 2.16 bits per heavy atom. The number of hydrogen-bond acceptors (Lipinski definition) is 5. The molecule has 0 aliphatic rings. The summed E-state index contributed by atoms with van der Waals surface area (Å²) in [7, 11) is 1.61. The summed E-state index contributed by atoms with van der Waals surface area (Å²) in [6, 6.07) is 5.53. The molecule has 1 aromatic carbocycles. The predicted molar refractivity (Wildman–Crippen MR) is 73.7 cm³/mol. The van der Waals surface area contributed by atoms with Gasteiger partial charge in [0, 0.05) is 12.2 Å². The lowest BCUT2D eigenvalue weighted by Gasteiger charge is -2.10. The fraction of sp³-hybridized carbons (Fsp3) is 0.462. The van der Waals surface area contributed by atoms with Gasteiger partial charge in [-0.15, -0.1) is 5.10 Å². The number of tetrazole rings is 1. The van der Waals surface area contributed by atoms with Gasteiger partial charge >= 0.3 is 0 Å². The van der Waals surface area contributed by atoms with Gasteiger partial charge in [0.05, 0.1) is 12.7 Å². The summed E-state index contributed by atoms with van der Waals surface area (Å²) in [5.41, 5.74) is 7.40. The van der Waals surface area contributed by atoms with Gasteiger partial charge < -0.3 is 10.5 Å². The molecule has 0 fully saturated rings. The number of rotatable bonds is 6. The van der Waals surface area contributed by atoms with Crippen molar-refractivity contribution in [3.8, 4) is 17.1 Å². The smallest absolute Gasteiger partial charge is 0.187 e. The number of nitrogen functional groups attached to an aromatic ring is 1. The highest BCUT2D eigenvalue weighted by molar-refractivity contribution is 5.77. The van der Waals surface area contributed by atoms with Crippen LogP contribution in [-0.4, -0.2) is 27.3 Å². The SMILES string of the molecule is CCCCCn1nnnc1-c1c(N)cccc1OC. The fourth-order valence-corrected chi connectivity index (χ4v) is 2.00. The van der Waals surface area contributed by atoms with E-state index in [9.17, 15) is 0 Å². The maximum Gasteiger partial charge on any atom is 0.187 e. The average Bonchev–Trinajstić information content (AvgIpc) is 2.87. The predicted octanol–water partition coefficient (Wildman–Crippen LogP) is 2.12. The normalized spacial score (nSPS) is 10.6.